The number of nitrogens with zero attached hydrogens (tertiary/aromatic N) is 3. The fraction of sp³-hybridized carbons (Fsp3) is 0.250. The lowest BCUT2D eigenvalue weighted by atomic mass is 10.3. The van der Waals surface area contributed by atoms with Gasteiger partial charge in [-0.05, 0) is 42.8 Å². The maximum absolute atomic E-state index is 12.8. The van der Waals surface area contributed by atoms with E-state index >= 15 is 0 Å². The SMILES string of the molecule is CCCCN(C)C(=O)c1nc(C(=O)Nc2ccc(Cl)cc2)c2ccccn12. The average molecular weight is 385 g/mol. The monoisotopic (exact) mass is 384 g/mol. The van der Waals surface area contributed by atoms with E-state index in [2.05, 4.69) is 17.2 Å². The molecule has 1 N–H and O–H groups in total. The van der Waals surface area contributed by atoms with Gasteiger partial charge in [0.2, 0.25) is 5.82 Å². The molecule has 0 saturated carbocycles. The molecule has 27 heavy (non-hydrogen) atoms. The van der Waals surface area contributed by atoms with Crippen molar-refractivity contribution in [2.24, 2.45) is 0 Å². The molecular weight excluding hydrogens is 364 g/mol. The van der Waals surface area contributed by atoms with Crippen molar-refractivity contribution in [3.05, 3.63) is 65.2 Å². The van der Waals surface area contributed by atoms with Gasteiger partial charge in [-0.15, -0.1) is 0 Å². The Morgan fingerprint density at radius 2 is 1.93 bits per heavy atom. The quantitative estimate of drug-likeness (QED) is 0.695. The first kappa shape index (κ1) is 18.9. The fourth-order valence-electron chi connectivity index (χ4n) is 2.75. The van der Waals surface area contributed by atoms with Crippen molar-refractivity contribution in [3.8, 4) is 0 Å². The second kappa shape index (κ2) is 8.22. The molecule has 2 heterocycles. The summed E-state index contributed by atoms with van der Waals surface area (Å²) in [4.78, 5) is 31.5. The molecule has 0 radical (unpaired) electrons. The van der Waals surface area contributed by atoms with Crippen molar-refractivity contribution in [3.63, 3.8) is 0 Å². The van der Waals surface area contributed by atoms with Crippen LogP contribution >= 0.6 is 11.6 Å². The van der Waals surface area contributed by atoms with Gasteiger partial charge in [-0.1, -0.05) is 31.0 Å². The zero-order valence-corrected chi connectivity index (χ0v) is 16.0. The van der Waals surface area contributed by atoms with E-state index in [4.69, 9.17) is 11.6 Å². The Kier molecular flexibility index (Phi) is 5.76. The van der Waals surface area contributed by atoms with Crippen molar-refractivity contribution < 1.29 is 9.59 Å². The first-order chi connectivity index (χ1) is 13.0. The first-order valence-electron chi connectivity index (χ1n) is 8.80. The Labute approximate surface area is 162 Å². The minimum Gasteiger partial charge on any atom is -0.339 e. The highest BCUT2D eigenvalue weighted by Gasteiger charge is 2.23. The number of aromatic nitrogens is 2. The number of rotatable bonds is 6. The molecule has 0 spiro atoms. The number of anilines is 1. The van der Waals surface area contributed by atoms with Crippen LogP contribution in [0, 0.1) is 0 Å². The van der Waals surface area contributed by atoms with Gasteiger partial charge < -0.3 is 10.2 Å². The summed E-state index contributed by atoms with van der Waals surface area (Å²) < 4.78 is 1.65. The Morgan fingerprint density at radius 1 is 1.19 bits per heavy atom. The normalized spacial score (nSPS) is 10.8. The number of fused-ring (bicyclic) bond motifs is 1. The third-order valence-corrected chi connectivity index (χ3v) is 4.50. The second-order valence-electron chi connectivity index (χ2n) is 6.28. The smallest absolute Gasteiger partial charge is 0.289 e. The summed E-state index contributed by atoms with van der Waals surface area (Å²) in [5.74, 6) is -0.364. The van der Waals surface area contributed by atoms with E-state index in [0.717, 1.165) is 12.8 Å². The Balaban J connectivity index is 1.93. The molecule has 3 rings (SSSR count). The van der Waals surface area contributed by atoms with Crippen LogP contribution in [0.15, 0.2) is 48.7 Å². The van der Waals surface area contributed by atoms with E-state index < -0.39 is 0 Å². The second-order valence-corrected chi connectivity index (χ2v) is 6.72. The lowest BCUT2D eigenvalue weighted by Crippen LogP contribution is -2.29. The number of nitrogens with one attached hydrogen (secondary N) is 1. The molecule has 2 amide bonds. The lowest BCUT2D eigenvalue weighted by Gasteiger charge is -2.15. The molecule has 1 aromatic carbocycles. The summed E-state index contributed by atoms with van der Waals surface area (Å²) in [6.07, 6.45) is 3.65. The Bertz CT molecular complexity index is 966. The van der Waals surface area contributed by atoms with Crippen LogP contribution in [0.5, 0.6) is 0 Å². The number of carbonyl (C=O) groups excluding carboxylic acids is 2. The van der Waals surface area contributed by atoms with E-state index in [1.54, 1.807) is 58.9 Å². The van der Waals surface area contributed by atoms with E-state index in [1.807, 2.05) is 6.07 Å². The summed E-state index contributed by atoms with van der Waals surface area (Å²) >= 11 is 5.88. The minimum absolute atomic E-state index is 0.206. The van der Waals surface area contributed by atoms with Crippen LogP contribution in [0.1, 0.15) is 40.9 Å². The van der Waals surface area contributed by atoms with Crippen molar-refractivity contribution >= 4 is 34.6 Å². The van der Waals surface area contributed by atoms with Crippen molar-refractivity contribution in [1.29, 1.82) is 0 Å². The number of hydrogen-bond donors (Lipinski definition) is 1. The predicted octanol–water partition coefficient (Wildman–Crippen LogP) is 4.11. The topological polar surface area (TPSA) is 66.7 Å². The highest BCUT2D eigenvalue weighted by molar-refractivity contribution is 6.30. The molecular formula is C20H21ClN4O2. The molecule has 0 unspecified atom stereocenters. The summed E-state index contributed by atoms with van der Waals surface area (Å²) in [6.45, 7) is 2.71. The van der Waals surface area contributed by atoms with E-state index in [1.165, 1.54) is 0 Å². The summed E-state index contributed by atoms with van der Waals surface area (Å²) in [7, 11) is 1.75. The highest BCUT2D eigenvalue weighted by Crippen LogP contribution is 2.18. The van der Waals surface area contributed by atoms with E-state index in [-0.39, 0.29) is 23.3 Å². The molecule has 0 bridgehead atoms. The van der Waals surface area contributed by atoms with Gasteiger partial charge in [-0.2, -0.15) is 0 Å². The molecule has 3 aromatic rings. The van der Waals surface area contributed by atoms with Crippen LogP contribution in [-0.4, -0.2) is 39.7 Å². The van der Waals surface area contributed by atoms with Gasteiger partial charge in [0.05, 0.1) is 5.52 Å². The van der Waals surface area contributed by atoms with Gasteiger partial charge >= 0.3 is 0 Å². The number of halogens is 1. The van der Waals surface area contributed by atoms with Crippen LogP contribution in [0.2, 0.25) is 5.02 Å². The molecule has 140 valence electrons. The number of benzene rings is 1. The average Bonchev–Trinajstić information content (AvgIpc) is 3.07. The first-order valence-corrected chi connectivity index (χ1v) is 9.18. The van der Waals surface area contributed by atoms with Gasteiger partial charge in [0, 0.05) is 30.5 Å². The lowest BCUT2D eigenvalue weighted by molar-refractivity contribution is 0.0780. The van der Waals surface area contributed by atoms with Gasteiger partial charge in [0.15, 0.2) is 5.69 Å². The fourth-order valence-corrected chi connectivity index (χ4v) is 2.87. The molecule has 0 fully saturated rings. The Morgan fingerprint density at radius 3 is 2.63 bits per heavy atom. The number of unbranched alkanes of at least 4 members (excludes halogenated alkanes) is 1. The molecule has 6 nitrogen and oxygen atoms in total. The van der Waals surface area contributed by atoms with Gasteiger partial charge in [-0.3, -0.25) is 14.0 Å². The molecule has 0 aliphatic rings. The molecule has 7 heteroatoms. The van der Waals surface area contributed by atoms with Crippen LogP contribution < -0.4 is 5.32 Å². The zero-order valence-electron chi connectivity index (χ0n) is 15.3. The number of carbonyl (C=O) groups is 2. The van der Waals surface area contributed by atoms with Crippen LogP contribution in [0.25, 0.3) is 5.52 Å². The van der Waals surface area contributed by atoms with E-state index in [9.17, 15) is 9.59 Å². The van der Waals surface area contributed by atoms with Gasteiger partial charge in [0.25, 0.3) is 11.8 Å². The molecule has 0 atom stereocenters. The largest absolute Gasteiger partial charge is 0.339 e. The maximum Gasteiger partial charge on any atom is 0.289 e. The standard InChI is InChI=1S/C20H21ClN4O2/c1-3-4-12-24(2)20(27)18-23-17(16-7-5-6-13-25(16)18)19(26)22-15-10-8-14(21)9-11-15/h5-11,13H,3-4,12H2,1-2H3,(H,22,26). The number of imidazole rings is 1. The van der Waals surface area contributed by atoms with Crippen LogP contribution in [0.3, 0.4) is 0 Å². The van der Waals surface area contributed by atoms with Crippen molar-refractivity contribution in [2.75, 3.05) is 18.9 Å². The molecule has 0 saturated heterocycles. The summed E-state index contributed by atoms with van der Waals surface area (Å²) in [5.41, 5.74) is 1.39. The Hall–Kier alpha value is -2.86. The van der Waals surface area contributed by atoms with E-state index in [0.29, 0.717) is 22.8 Å². The third kappa shape index (κ3) is 4.11. The summed E-state index contributed by atoms with van der Waals surface area (Å²) in [5, 5.41) is 3.38. The number of hydrogen-bond acceptors (Lipinski definition) is 3. The third-order valence-electron chi connectivity index (χ3n) is 4.25. The van der Waals surface area contributed by atoms with Gasteiger partial charge in [0.1, 0.15) is 0 Å². The number of pyridine rings is 1. The van der Waals surface area contributed by atoms with Crippen LogP contribution in [0.4, 0.5) is 5.69 Å². The number of amides is 2. The summed E-state index contributed by atoms with van der Waals surface area (Å²) in [6, 6.07) is 12.2. The molecule has 0 aliphatic heterocycles. The molecule has 2 aromatic heterocycles. The highest BCUT2D eigenvalue weighted by atomic mass is 35.5. The van der Waals surface area contributed by atoms with Gasteiger partial charge in [-0.25, -0.2) is 4.98 Å². The van der Waals surface area contributed by atoms with Crippen molar-refractivity contribution in [1.82, 2.24) is 14.3 Å². The maximum atomic E-state index is 12.8. The zero-order chi connectivity index (χ0) is 19.4. The van der Waals surface area contributed by atoms with Crippen LogP contribution in [-0.2, 0) is 0 Å². The molecule has 0 aliphatic carbocycles. The van der Waals surface area contributed by atoms with Crippen molar-refractivity contribution in [2.45, 2.75) is 19.8 Å². The predicted molar refractivity (Wildman–Crippen MR) is 106 cm³/mol. The minimum atomic E-state index is -0.378.